The molecule has 0 fully saturated rings. The molecule has 20 heavy (non-hydrogen) atoms. The first-order chi connectivity index (χ1) is 9.61. The van der Waals surface area contributed by atoms with Crippen molar-refractivity contribution in [3.05, 3.63) is 62.5 Å². The number of nitrogens with one attached hydrogen (secondary N) is 1. The first-order valence-electron chi connectivity index (χ1n) is 6.49. The summed E-state index contributed by atoms with van der Waals surface area (Å²) in [6.07, 6.45) is 2.73. The van der Waals surface area contributed by atoms with E-state index in [-0.39, 0.29) is 5.56 Å². The van der Waals surface area contributed by atoms with Gasteiger partial charge in [0.2, 0.25) is 0 Å². The highest BCUT2D eigenvalue weighted by Gasteiger charge is 2.05. The Bertz CT molecular complexity index is 632. The van der Waals surface area contributed by atoms with E-state index in [0.29, 0.717) is 23.1 Å². The lowest BCUT2D eigenvalue weighted by Crippen LogP contribution is -2.18. The number of nitrogens with zero attached hydrogens (tertiary/aromatic N) is 1. The second-order valence-electron chi connectivity index (χ2n) is 4.50. The third-order valence-corrected chi connectivity index (χ3v) is 3.69. The van der Waals surface area contributed by atoms with Crippen molar-refractivity contribution < 1.29 is 0 Å². The van der Waals surface area contributed by atoms with Gasteiger partial charge >= 0.3 is 0 Å². The predicted octanol–water partition coefficient (Wildman–Crippen LogP) is 4.18. The van der Waals surface area contributed by atoms with Crippen LogP contribution >= 0.6 is 23.2 Å². The minimum Gasteiger partial charge on any atom is -0.380 e. The highest BCUT2D eigenvalue weighted by Crippen LogP contribution is 2.24. The molecule has 5 heteroatoms. The maximum absolute atomic E-state index is 11.6. The average molecular weight is 311 g/mol. The Hall–Kier alpha value is -1.45. The number of aryl methyl sites for hydroxylation is 1. The van der Waals surface area contributed by atoms with Gasteiger partial charge in [-0.3, -0.25) is 4.79 Å². The van der Waals surface area contributed by atoms with E-state index >= 15 is 0 Å². The molecule has 0 unspecified atom stereocenters. The Labute approximate surface area is 128 Å². The Kier molecular flexibility index (Phi) is 5.10. The zero-order valence-corrected chi connectivity index (χ0v) is 12.7. The molecule has 106 valence electrons. The predicted molar refractivity (Wildman–Crippen MR) is 84.8 cm³/mol. The number of pyridine rings is 1. The minimum atomic E-state index is 0.00757. The van der Waals surface area contributed by atoms with E-state index in [2.05, 4.69) is 5.32 Å². The first kappa shape index (κ1) is 14.9. The Morgan fingerprint density at radius 3 is 2.50 bits per heavy atom. The number of hydrogen-bond donors (Lipinski definition) is 1. The van der Waals surface area contributed by atoms with E-state index in [4.69, 9.17) is 23.2 Å². The van der Waals surface area contributed by atoms with Crippen molar-refractivity contribution in [2.45, 2.75) is 26.4 Å². The van der Waals surface area contributed by atoms with Gasteiger partial charge in [-0.25, -0.2) is 0 Å². The Morgan fingerprint density at radius 1 is 1.15 bits per heavy atom. The fourth-order valence-corrected chi connectivity index (χ4v) is 2.47. The molecule has 0 spiro atoms. The maximum Gasteiger partial charge on any atom is 0.250 e. The molecule has 1 heterocycles. The molecule has 0 bridgehead atoms. The lowest BCUT2D eigenvalue weighted by atomic mass is 10.2. The van der Waals surface area contributed by atoms with Crippen molar-refractivity contribution >= 4 is 28.9 Å². The van der Waals surface area contributed by atoms with Gasteiger partial charge in [0.25, 0.3) is 5.56 Å². The normalized spacial score (nSPS) is 10.6. The molecular formula is C15H16Cl2N2O. The quantitative estimate of drug-likeness (QED) is 0.899. The summed E-state index contributed by atoms with van der Waals surface area (Å²) in [6, 6.07) is 8.76. The van der Waals surface area contributed by atoms with Gasteiger partial charge in [-0.15, -0.1) is 0 Å². The van der Waals surface area contributed by atoms with Crippen molar-refractivity contribution in [1.82, 2.24) is 4.57 Å². The van der Waals surface area contributed by atoms with Crippen LogP contribution in [0.15, 0.2) is 41.3 Å². The molecule has 3 nitrogen and oxygen atoms in total. The number of halogens is 2. The third kappa shape index (κ3) is 3.56. The molecule has 0 aliphatic rings. The van der Waals surface area contributed by atoms with E-state index in [1.165, 1.54) is 0 Å². The van der Waals surface area contributed by atoms with Crippen LogP contribution in [0.25, 0.3) is 0 Å². The maximum atomic E-state index is 11.6. The van der Waals surface area contributed by atoms with Crippen LogP contribution in [0.5, 0.6) is 0 Å². The van der Waals surface area contributed by atoms with Crippen LogP contribution in [0.4, 0.5) is 5.69 Å². The molecule has 0 radical (unpaired) electrons. The van der Waals surface area contributed by atoms with E-state index in [1.807, 2.05) is 31.3 Å². The van der Waals surface area contributed by atoms with Crippen LogP contribution < -0.4 is 10.9 Å². The van der Waals surface area contributed by atoms with Gasteiger partial charge in [0.1, 0.15) is 0 Å². The van der Waals surface area contributed by atoms with Gasteiger partial charge in [-0.2, -0.15) is 0 Å². The van der Waals surface area contributed by atoms with Gasteiger partial charge < -0.3 is 9.88 Å². The molecular weight excluding hydrogens is 295 g/mol. The second kappa shape index (κ2) is 6.82. The fourth-order valence-electron chi connectivity index (χ4n) is 1.94. The van der Waals surface area contributed by atoms with Crippen LogP contribution in [0.3, 0.4) is 0 Å². The number of rotatable bonds is 5. The summed E-state index contributed by atoms with van der Waals surface area (Å²) < 4.78 is 1.69. The van der Waals surface area contributed by atoms with Crippen molar-refractivity contribution in [3.63, 3.8) is 0 Å². The third-order valence-electron chi connectivity index (χ3n) is 2.98. The molecule has 0 aliphatic carbocycles. The lowest BCUT2D eigenvalue weighted by Gasteiger charge is -2.11. The SMILES string of the molecule is CCCn1cc(NCc2c(Cl)cccc2Cl)ccc1=O. The van der Waals surface area contributed by atoms with Gasteiger partial charge in [0.05, 0.1) is 5.69 Å². The van der Waals surface area contributed by atoms with Gasteiger partial charge in [-0.1, -0.05) is 36.2 Å². The van der Waals surface area contributed by atoms with Crippen LogP contribution in [0.2, 0.25) is 10.0 Å². The summed E-state index contributed by atoms with van der Waals surface area (Å²) in [6.45, 7) is 3.26. The van der Waals surface area contributed by atoms with Crippen molar-refractivity contribution in [3.8, 4) is 0 Å². The van der Waals surface area contributed by atoms with E-state index in [0.717, 1.165) is 17.7 Å². The topological polar surface area (TPSA) is 34.0 Å². The van der Waals surface area contributed by atoms with Gasteiger partial charge in [0.15, 0.2) is 0 Å². The van der Waals surface area contributed by atoms with Crippen molar-refractivity contribution in [2.75, 3.05) is 5.32 Å². The summed E-state index contributed by atoms with van der Waals surface area (Å²) >= 11 is 12.2. The zero-order chi connectivity index (χ0) is 14.5. The summed E-state index contributed by atoms with van der Waals surface area (Å²) in [5.74, 6) is 0. The average Bonchev–Trinajstić information content (AvgIpc) is 2.42. The van der Waals surface area contributed by atoms with Crippen LogP contribution in [-0.2, 0) is 13.1 Å². The van der Waals surface area contributed by atoms with Crippen LogP contribution in [0.1, 0.15) is 18.9 Å². The molecule has 0 aliphatic heterocycles. The summed E-state index contributed by atoms with van der Waals surface area (Å²) in [4.78, 5) is 11.6. The smallest absolute Gasteiger partial charge is 0.250 e. The highest BCUT2D eigenvalue weighted by molar-refractivity contribution is 6.36. The Balaban J connectivity index is 2.15. The monoisotopic (exact) mass is 310 g/mol. The van der Waals surface area contributed by atoms with E-state index in [9.17, 15) is 4.79 Å². The highest BCUT2D eigenvalue weighted by atomic mass is 35.5. The first-order valence-corrected chi connectivity index (χ1v) is 7.24. The molecule has 0 atom stereocenters. The fraction of sp³-hybridized carbons (Fsp3) is 0.267. The lowest BCUT2D eigenvalue weighted by molar-refractivity contribution is 0.655. The molecule has 1 aromatic heterocycles. The molecule has 0 saturated heterocycles. The summed E-state index contributed by atoms with van der Waals surface area (Å²) in [5.41, 5.74) is 1.73. The molecule has 0 saturated carbocycles. The van der Waals surface area contributed by atoms with Crippen LogP contribution in [-0.4, -0.2) is 4.57 Å². The van der Waals surface area contributed by atoms with E-state index in [1.54, 1.807) is 16.7 Å². The largest absolute Gasteiger partial charge is 0.380 e. The number of aromatic nitrogens is 1. The zero-order valence-electron chi connectivity index (χ0n) is 11.2. The Morgan fingerprint density at radius 2 is 1.85 bits per heavy atom. The molecule has 1 aromatic carbocycles. The van der Waals surface area contributed by atoms with Gasteiger partial charge in [0, 0.05) is 41.0 Å². The number of hydrogen-bond acceptors (Lipinski definition) is 2. The molecule has 1 N–H and O–H groups in total. The van der Waals surface area contributed by atoms with Crippen molar-refractivity contribution in [1.29, 1.82) is 0 Å². The number of benzene rings is 1. The molecule has 2 aromatic rings. The summed E-state index contributed by atoms with van der Waals surface area (Å²) in [7, 11) is 0. The standard InChI is InChI=1S/C15H16Cl2N2O/c1-2-8-19-10-11(6-7-15(19)20)18-9-12-13(16)4-3-5-14(12)17/h3-7,10,18H,2,8-9H2,1H3. The minimum absolute atomic E-state index is 0.00757. The van der Waals surface area contributed by atoms with Crippen molar-refractivity contribution in [2.24, 2.45) is 0 Å². The second-order valence-corrected chi connectivity index (χ2v) is 5.32. The molecule has 0 amide bonds. The molecule has 2 rings (SSSR count). The van der Waals surface area contributed by atoms with Crippen LogP contribution in [0, 0.1) is 0 Å². The van der Waals surface area contributed by atoms with Gasteiger partial charge in [-0.05, 0) is 24.6 Å². The summed E-state index contributed by atoms with van der Waals surface area (Å²) in [5, 5.41) is 4.50. The van der Waals surface area contributed by atoms with E-state index < -0.39 is 0 Å². The number of anilines is 1.